The predicted molar refractivity (Wildman–Crippen MR) is 80.6 cm³/mol. The molecule has 1 aliphatic heterocycles. The van der Waals surface area contributed by atoms with Crippen molar-refractivity contribution in [2.24, 2.45) is 0 Å². The van der Waals surface area contributed by atoms with Gasteiger partial charge in [0.05, 0.1) is 0 Å². The molecule has 1 aliphatic rings. The summed E-state index contributed by atoms with van der Waals surface area (Å²) in [6, 6.07) is 3.69. The van der Waals surface area contributed by atoms with Gasteiger partial charge in [-0.05, 0) is 39.1 Å². The van der Waals surface area contributed by atoms with Crippen LogP contribution in [0.3, 0.4) is 0 Å². The van der Waals surface area contributed by atoms with Gasteiger partial charge in [-0.1, -0.05) is 0 Å². The maximum absolute atomic E-state index is 13.7. The SMILES string of the molecule is CNS(=O)(=O)c1cc(C(=O)N2C[C@@H](C)N[C@H](C)C2)ccc1F. The smallest absolute Gasteiger partial charge is 0.254 e. The first kappa shape index (κ1) is 16.9. The van der Waals surface area contributed by atoms with Gasteiger partial charge in [0.15, 0.2) is 0 Å². The number of halogens is 1. The molecule has 0 unspecified atom stereocenters. The van der Waals surface area contributed by atoms with Crippen LogP contribution in [0.5, 0.6) is 0 Å². The minimum atomic E-state index is -3.95. The van der Waals surface area contributed by atoms with Gasteiger partial charge < -0.3 is 10.2 Å². The van der Waals surface area contributed by atoms with Crippen molar-refractivity contribution in [3.63, 3.8) is 0 Å². The van der Waals surface area contributed by atoms with Crippen molar-refractivity contribution in [1.29, 1.82) is 0 Å². The Balaban J connectivity index is 2.33. The second-order valence-electron chi connectivity index (χ2n) is 5.53. The Labute approximate surface area is 129 Å². The fourth-order valence-electron chi connectivity index (χ4n) is 2.63. The van der Waals surface area contributed by atoms with Crippen LogP contribution in [0.1, 0.15) is 24.2 Å². The number of amides is 1. The number of rotatable bonds is 3. The van der Waals surface area contributed by atoms with E-state index in [1.54, 1.807) is 4.90 Å². The number of nitrogens with one attached hydrogen (secondary N) is 2. The van der Waals surface area contributed by atoms with Crippen LogP contribution in [0.4, 0.5) is 4.39 Å². The Bertz CT molecular complexity index is 668. The van der Waals surface area contributed by atoms with Crippen LogP contribution in [0.25, 0.3) is 0 Å². The topological polar surface area (TPSA) is 78.5 Å². The normalized spacial score (nSPS) is 22.6. The van der Waals surface area contributed by atoms with E-state index < -0.39 is 20.7 Å². The Hall–Kier alpha value is -1.51. The number of hydrogen-bond donors (Lipinski definition) is 2. The predicted octanol–water partition coefficient (Wildman–Crippen LogP) is 0.556. The molecule has 0 aromatic heterocycles. The summed E-state index contributed by atoms with van der Waals surface area (Å²) in [5.41, 5.74) is 0.163. The molecular formula is C14H20FN3O3S. The zero-order chi connectivity index (χ0) is 16.5. The average Bonchev–Trinajstić information content (AvgIpc) is 2.45. The molecule has 1 heterocycles. The molecule has 1 amide bonds. The molecule has 2 atom stereocenters. The molecule has 6 nitrogen and oxygen atoms in total. The molecule has 0 spiro atoms. The lowest BCUT2D eigenvalue weighted by Gasteiger charge is -2.36. The number of benzene rings is 1. The zero-order valence-electron chi connectivity index (χ0n) is 12.8. The van der Waals surface area contributed by atoms with Gasteiger partial charge in [-0.15, -0.1) is 0 Å². The van der Waals surface area contributed by atoms with Crippen molar-refractivity contribution in [3.05, 3.63) is 29.6 Å². The quantitative estimate of drug-likeness (QED) is 0.849. The highest BCUT2D eigenvalue weighted by molar-refractivity contribution is 7.89. The summed E-state index contributed by atoms with van der Waals surface area (Å²) >= 11 is 0. The summed E-state index contributed by atoms with van der Waals surface area (Å²) in [5.74, 6) is -1.18. The van der Waals surface area contributed by atoms with Gasteiger partial charge >= 0.3 is 0 Å². The molecule has 0 bridgehead atoms. The Morgan fingerprint density at radius 1 is 1.32 bits per heavy atom. The summed E-state index contributed by atoms with van der Waals surface area (Å²) in [6.45, 7) is 4.98. The van der Waals surface area contributed by atoms with Crippen molar-refractivity contribution in [2.45, 2.75) is 30.8 Å². The van der Waals surface area contributed by atoms with Crippen molar-refractivity contribution < 1.29 is 17.6 Å². The summed E-state index contributed by atoms with van der Waals surface area (Å²) in [6.07, 6.45) is 0. The maximum Gasteiger partial charge on any atom is 0.254 e. The van der Waals surface area contributed by atoms with Gasteiger partial charge in [0.1, 0.15) is 10.7 Å². The molecule has 122 valence electrons. The van der Waals surface area contributed by atoms with E-state index in [-0.39, 0.29) is 23.6 Å². The second-order valence-corrected chi connectivity index (χ2v) is 7.39. The Kier molecular flexibility index (Phi) is 4.84. The van der Waals surface area contributed by atoms with Crippen LogP contribution in [0.2, 0.25) is 0 Å². The molecule has 8 heteroatoms. The molecule has 1 aromatic rings. The van der Waals surface area contributed by atoms with Gasteiger partial charge in [-0.25, -0.2) is 17.5 Å². The molecule has 0 aliphatic carbocycles. The third kappa shape index (κ3) is 3.45. The fraction of sp³-hybridized carbons (Fsp3) is 0.500. The van der Waals surface area contributed by atoms with Gasteiger partial charge in [0.2, 0.25) is 10.0 Å². The van der Waals surface area contributed by atoms with E-state index >= 15 is 0 Å². The monoisotopic (exact) mass is 329 g/mol. The van der Waals surface area contributed by atoms with Crippen LogP contribution >= 0.6 is 0 Å². The zero-order valence-corrected chi connectivity index (χ0v) is 13.6. The van der Waals surface area contributed by atoms with Crippen LogP contribution in [0.15, 0.2) is 23.1 Å². The number of nitrogens with zero attached hydrogens (tertiary/aromatic N) is 1. The minimum absolute atomic E-state index is 0.147. The number of hydrogen-bond acceptors (Lipinski definition) is 4. The summed E-state index contributed by atoms with van der Waals surface area (Å²) < 4.78 is 39.4. The molecule has 0 radical (unpaired) electrons. The Morgan fingerprint density at radius 2 is 1.91 bits per heavy atom. The van der Waals surface area contributed by atoms with E-state index in [1.807, 2.05) is 13.8 Å². The lowest BCUT2D eigenvalue weighted by atomic mass is 10.1. The molecular weight excluding hydrogens is 309 g/mol. The van der Waals surface area contributed by atoms with E-state index in [1.165, 1.54) is 13.1 Å². The highest BCUT2D eigenvalue weighted by atomic mass is 32.2. The van der Waals surface area contributed by atoms with Crippen LogP contribution in [-0.4, -0.2) is 51.4 Å². The van der Waals surface area contributed by atoms with Gasteiger partial charge in [0.25, 0.3) is 5.91 Å². The second kappa shape index (κ2) is 6.31. The molecule has 1 saturated heterocycles. The van der Waals surface area contributed by atoms with Crippen LogP contribution < -0.4 is 10.0 Å². The maximum atomic E-state index is 13.7. The van der Waals surface area contributed by atoms with E-state index in [2.05, 4.69) is 10.0 Å². The molecule has 1 aromatic carbocycles. The van der Waals surface area contributed by atoms with Crippen molar-refractivity contribution in [3.8, 4) is 0 Å². The molecule has 0 saturated carbocycles. The first-order valence-corrected chi connectivity index (χ1v) is 8.51. The number of carbonyl (C=O) groups is 1. The van der Waals surface area contributed by atoms with Crippen molar-refractivity contribution in [2.75, 3.05) is 20.1 Å². The average molecular weight is 329 g/mol. The molecule has 1 fully saturated rings. The number of carbonyl (C=O) groups excluding carboxylic acids is 1. The van der Waals surface area contributed by atoms with E-state index in [0.29, 0.717) is 13.1 Å². The van der Waals surface area contributed by atoms with Gasteiger partial charge in [-0.3, -0.25) is 4.79 Å². The van der Waals surface area contributed by atoms with Crippen molar-refractivity contribution >= 4 is 15.9 Å². The first-order chi connectivity index (χ1) is 10.2. The third-order valence-electron chi connectivity index (χ3n) is 3.58. The first-order valence-electron chi connectivity index (χ1n) is 7.03. The number of piperazine rings is 1. The van der Waals surface area contributed by atoms with E-state index in [4.69, 9.17) is 0 Å². The summed E-state index contributed by atoms with van der Waals surface area (Å²) in [7, 11) is -2.75. The minimum Gasteiger partial charge on any atom is -0.336 e. The number of sulfonamides is 1. The molecule has 22 heavy (non-hydrogen) atoms. The summed E-state index contributed by atoms with van der Waals surface area (Å²) in [5, 5.41) is 3.31. The molecule has 2 rings (SSSR count). The fourth-order valence-corrected chi connectivity index (χ4v) is 3.45. The standard InChI is InChI=1S/C14H20FN3O3S/c1-9-7-18(8-10(2)17-9)14(19)11-4-5-12(15)13(6-11)22(20,21)16-3/h4-6,9-10,16-17H,7-8H2,1-3H3/t9-,10-/m1/s1. The van der Waals surface area contributed by atoms with Gasteiger partial charge in [0, 0.05) is 30.7 Å². The van der Waals surface area contributed by atoms with Crippen LogP contribution in [-0.2, 0) is 10.0 Å². The molecule has 2 N–H and O–H groups in total. The summed E-state index contributed by atoms with van der Waals surface area (Å²) in [4.78, 5) is 13.7. The highest BCUT2D eigenvalue weighted by Gasteiger charge is 2.27. The van der Waals surface area contributed by atoms with Gasteiger partial charge in [-0.2, -0.15) is 0 Å². The van der Waals surface area contributed by atoms with Crippen LogP contribution in [0, 0.1) is 5.82 Å². The third-order valence-corrected chi connectivity index (χ3v) is 5.01. The largest absolute Gasteiger partial charge is 0.336 e. The van der Waals surface area contributed by atoms with E-state index in [0.717, 1.165) is 12.1 Å². The van der Waals surface area contributed by atoms with E-state index in [9.17, 15) is 17.6 Å². The van der Waals surface area contributed by atoms with Crippen molar-refractivity contribution in [1.82, 2.24) is 14.9 Å². The Morgan fingerprint density at radius 3 is 2.45 bits per heavy atom. The highest BCUT2D eigenvalue weighted by Crippen LogP contribution is 2.18. The lowest BCUT2D eigenvalue weighted by molar-refractivity contribution is 0.0673. The lowest BCUT2D eigenvalue weighted by Crippen LogP contribution is -2.55.